The van der Waals surface area contributed by atoms with Gasteiger partial charge in [-0.25, -0.2) is 4.39 Å². The molecule has 3 rings (SSSR count). The third-order valence-corrected chi connectivity index (χ3v) is 4.18. The lowest BCUT2D eigenvalue weighted by Crippen LogP contribution is -2.39. The Hall–Kier alpha value is -3.22. The van der Waals surface area contributed by atoms with Gasteiger partial charge >= 0.3 is 11.1 Å². The molecule has 0 saturated carbocycles. The normalized spacial score (nSPS) is 10.9. The summed E-state index contributed by atoms with van der Waals surface area (Å²) in [6, 6.07) is 7.53. The molecule has 1 amide bonds. The van der Waals surface area contributed by atoms with Crippen LogP contribution in [0.1, 0.15) is 16.7 Å². The van der Waals surface area contributed by atoms with Crippen molar-refractivity contribution in [2.24, 2.45) is 0 Å². The van der Waals surface area contributed by atoms with Gasteiger partial charge in [0, 0.05) is 5.69 Å². The highest BCUT2D eigenvalue weighted by Gasteiger charge is 2.14. The molecule has 0 bridgehead atoms. The molecule has 3 aromatic rings. The summed E-state index contributed by atoms with van der Waals surface area (Å²) in [4.78, 5) is 38.8. The van der Waals surface area contributed by atoms with Crippen molar-refractivity contribution in [3.05, 3.63) is 73.5 Å². The number of hydrogen-bond donors (Lipinski definition) is 2. The van der Waals surface area contributed by atoms with Crippen molar-refractivity contribution in [1.29, 1.82) is 0 Å². The molecule has 0 saturated heterocycles. The average molecular weight is 355 g/mol. The topological polar surface area (TPSA) is 84.0 Å². The Morgan fingerprint density at radius 2 is 1.77 bits per heavy atom. The van der Waals surface area contributed by atoms with Crippen LogP contribution in [0, 0.1) is 26.6 Å². The highest BCUT2D eigenvalue weighted by molar-refractivity contribution is 5.93. The van der Waals surface area contributed by atoms with Gasteiger partial charge in [0.15, 0.2) is 0 Å². The number of fused-ring (bicyclic) bond motifs is 1. The number of carbonyl (C=O) groups excluding carboxylic acids is 1. The number of H-pyrrole nitrogens is 1. The van der Waals surface area contributed by atoms with E-state index in [9.17, 15) is 18.8 Å². The molecule has 0 spiro atoms. The Labute approximate surface area is 148 Å². The van der Waals surface area contributed by atoms with Crippen molar-refractivity contribution in [2.75, 3.05) is 5.32 Å². The number of benzene rings is 2. The van der Waals surface area contributed by atoms with E-state index in [1.165, 1.54) is 12.1 Å². The molecule has 0 unspecified atom stereocenters. The molecule has 2 aromatic carbocycles. The molecule has 0 atom stereocenters. The molecule has 0 aliphatic carbocycles. The quantitative estimate of drug-likeness (QED) is 0.708. The second-order valence-electron chi connectivity index (χ2n) is 6.33. The molecule has 0 aliphatic rings. The fourth-order valence-electron chi connectivity index (χ4n) is 3.11. The number of amides is 1. The number of halogens is 1. The van der Waals surface area contributed by atoms with E-state index in [1.54, 1.807) is 0 Å². The number of aryl methyl sites for hydroxylation is 3. The van der Waals surface area contributed by atoms with Crippen molar-refractivity contribution < 1.29 is 9.18 Å². The fourth-order valence-corrected chi connectivity index (χ4v) is 3.11. The molecule has 7 heteroatoms. The van der Waals surface area contributed by atoms with Crippen LogP contribution in [0.4, 0.5) is 10.1 Å². The van der Waals surface area contributed by atoms with Crippen LogP contribution in [-0.2, 0) is 11.3 Å². The zero-order valence-electron chi connectivity index (χ0n) is 14.6. The summed E-state index contributed by atoms with van der Waals surface area (Å²) in [6.45, 7) is 5.38. The Balaban J connectivity index is 1.99. The van der Waals surface area contributed by atoms with Crippen LogP contribution in [0.2, 0.25) is 0 Å². The molecule has 134 valence electrons. The van der Waals surface area contributed by atoms with Crippen LogP contribution < -0.4 is 16.4 Å². The van der Waals surface area contributed by atoms with Gasteiger partial charge in [-0.3, -0.25) is 19.0 Å². The lowest BCUT2D eigenvalue weighted by Gasteiger charge is -2.14. The highest BCUT2D eigenvalue weighted by Crippen LogP contribution is 2.22. The van der Waals surface area contributed by atoms with Crippen LogP contribution in [0.3, 0.4) is 0 Å². The maximum Gasteiger partial charge on any atom is 0.317 e. The summed E-state index contributed by atoms with van der Waals surface area (Å²) in [5.41, 5.74) is 2.23. The molecule has 6 nitrogen and oxygen atoms in total. The van der Waals surface area contributed by atoms with E-state index in [2.05, 4.69) is 10.3 Å². The zero-order chi connectivity index (χ0) is 19.0. The SMILES string of the molecule is Cc1cc(C)c(NC(=O)Cn2c(=O)c(=O)[nH]c3cc(F)ccc32)c(C)c1. The van der Waals surface area contributed by atoms with Gasteiger partial charge in [-0.1, -0.05) is 17.7 Å². The largest absolute Gasteiger partial charge is 0.324 e. The van der Waals surface area contributed by atoms with Crippen LogP contribution in [0.5, 0.6) is 0 Å². The summed E-state index contributed by atoms with van der Waals surface area (Å²) in [5.74, 6) is -0.993. The van der Waals surface area contributed by atoms with Crippen molar-refractivity contribution in [3.63, 3.8) is 0 Å². The smallest absolute Gasteiger partial charge is 0.317 e. The number of rotatable bonds is 3. The van der Waals surface area contributed by atoms with Gasteiger partial charge in [0.25, 0.3) is 0 Å². The van der Waals surface area contributed by atoms with E-state index in [0.717, 1.165) is 27.3 Å². The van der Waals surface area contributed by atoms with E-state index in [4.69, 9.17) is 0 Å². The summed E-state index contributed by atoms with van der Waals surface area (Å²) in [5, 5.41) is 2.79. The van der Waals surface area contributed by atoms with Gasteiger partial charge in [-0.15, -0.1) is 0 Å². The fraction of sp³-hybridized carbons (Fsp3) is 0.211. The van der Waals surface area contributed by atoms with E-state index < -0.39 is 22.8 Å². The lowest BCUT2D eigenvalue weighted by atomic mass is 10.1. The standard InChI is InChI=1S/C19H18FN3O3/c1-10-6-11(2)17(12(3)7-10)22-16(24)9-23-15-5-4-13(20)8-14(15)21-18(25)19(23)26/h4-8H,9H2,1-3H3,(H,21,25)(H,22,24). The van der Waals surface area contributed by atoms with Gasteiger partial charge < -0.3 is 10.3 Å². The van der Waals surface area contributed by atoms with E-state index in [1.807, 2.05) is 32.9 Å². The van der Waals surface area contributed by atoms with Gasteiger partial charge in [0.1, 0.15) is 12.4 Å². The molecule has 1 aromatic heterocycles. The van der Waals surface area contributed by atoms with E-state index in [0.29, 0.717) is 5.69 Å². The number of carbonyl (C=O) groups is 1. The Bertz CT molecular complexity index is 1120. The second kappa shape index (κ2) is 6.59. The Kier molecular flexibility index (Phi) is 4.46. The third kappa shape index (κ3) is 3.28. The highest BCUT2D eigenvalue weighted by atomic mass is 19.1. The molecule has 0 radical (unpaired) electrons. The van der Waals surface area contributed by atoms with Crippen molar-refractivity contribution in [2.45, 2.75) is 27.3 Å². The molecular formula is C19H18FN3O3. The first-order chi connectivity index (χ1) is 12.3. The zero-order valence-corrected chi connectivity index (χ0v) is 14.6. The lowest BCUT2D eigenvalue weighted by molar-refractivity contribution is -0.116. The maximum absolute atomic E-state index is 13.4. The number of hydrogen-bond acceptors (Lipinski definition) is 3. The minimum Gasteiger partial charge on any atom is -0.324 e. The molecule has 0 aliphatic heterocycles. The van der Waals surface area contributed by atoms with Gasteiger partial charge in [-0.05, 0) is 50.1 Å². The second-order valence-corrected chi connectivity index (χ2v) is 6.33. The first-order valence-corrected chi connectivity index (χ1v) is 8.06. The molecular weight excluding hydrogens is 337 g/mol. The van der Waals surface area contributed by atoms with E-state index in [-0.39, 0.29) is 17.6 Å². The summed E-state index contributed by atoms with van der Waals surface area (Å²) in [7, 11) is 0. The Morgan fingerprint density at radius 1 is 1.12 bits per heavy atom. The summed E-state index contributed by atoms with van der Waals surface area (Å²) < 4.78 is 14.4. The number of nitrogens with one attached hydrogen (secondary N) is 2. The predicted octanol–water partition coefficient (Wildman–Crippen LogP) is 2.39. The summed E-state index contributed by atoms with van der Waals surface area (Å²) in [6.07, 6.45) is 0. The average Bonchev–Trinajstić information content (AvgIpc) is 2.55. The minimum atomic E-state index is -0.904. The number of aromatic nitrogens is 2. The minimum absolute atomic E-state index is 0.157. The maximum atomic E-state index is 13.4. The summed E-state index contributed by atoms with van der Waals surface area (Å²) >= 11 is 0. The predicted molar refractivity (Wildman–Crippen MR) is 98.1 cm³/mol. The van der Waals surface area contributed by atoms with Crippen LogP contribution >= 0.6 is 0 Å². The van der Waals surface area contributed by atoms with Gasteiger partial charge in [-0.2, -0.15) is 0 Å². The molecule has 0 fully saturated rings. The number of nitrogens with zero attached hydrogens (tertiary/aromatic N) is 1. The monoisotopic (exact) mass is 355 g/mol. The first-order valence-electron chi connectivity index (χ1n) is 8.06. The van der Waals surface area contributed by atoms with Crippen molar-refractivity contribution >= 4 is 22.6 Å². The van der Waals surface area contributed by atoms with E-state index >= 15 is 0 Å². The van der Waals surface area contributed by atoms with Crippen LogP contribution in [0.15, 0.2) is 39.9 Å². The number of anilines is 1. The molecule has 1 heterocycles. The van der Waals surface area contributed by atoms with Crippen molar-refractivity contribution in [3.8, 4) is 0 Å². The molecule has 26 heavy (non-hydrogen) atoms. The third-order valence-electron chi connectivity index (χ3n) is 4.18. The molecule has 2 N–H and O–H groups in total. The van der Waals surface area contributed by atoms with Crippen molar-refractivity contribution in [1.82, 2.24) is 9.55 Å². The van der Waals surface area contributed by atoms with Crippen LogP contribution in [0.25, 0.3) is 11.0 Å². The van der Waals surface area contributed by atoms with Gasteiger partial charge in [0.05, 0.1) is 11.0 Å². The first kappa shape index (κ1) is 17.6. The Morgan fingerprint density at radius 3 is 2.42 bits per heavy atom. The van der Waals surface area contributed by atoms with Crippen LogP contribution in [-0.4, -0.2) is 15.5 Å². The van der Waals surface area contributed by atoms with Gasteiger partial charge in [0.2, 0.25) is 5.91 Å². The number of aromatic amines is 1.